The number of hydrogen-bond donors (Lipinski definition) is 0. The molecule has 0 aromatic carbocycles. The van der Waals surface area contributed by atoms with Crippen LogP contribution in [-0.4, -0.2) is 14.8 Å². The molecule has 0 spiro atoms. The number of aryl methyl sites for hydroxylation is 1. The zero-order chi connectivity index (χ0) is 10.8. The lowest BCUT2D eigenvalue weighted by Gasteiger charge is -1.98. The van der Waals surface area contributed by atoms with Gasteiger partial charge in [0, 0.05) is 24.2 Å². The molecule has 78 valence electrons. The van der Waals surface area contributed by atoms with E-state index in [1.165, 1.54) is 6.20 Å². The minimum atomic E-state index is -2.60. The lowest BCUT2D eigenvalue weighted by Crippen LogP contribution is -1.98. The molecule has 0 bridgehead atoms. The van der Waals surface area contributed by atoms with Gasteiger partial charge in [-0.2, -0.15) is 13.9 Å². The van der Waals surface area contributed by atoms with Crippen LogP contribution in [-0.2, 0) is 0 Å². The van der Waals surface area contributed by atoms with Crippen molar-refractivity contribution in [2.75, 3.05) is 0 Å². The maximum Gasteiger partial charge on any atom is 0.333 e. The summed E-state index contributed by atoms with van der Waals surface area (Å²) in [5.41, 5.74) is 2.22. The Hall–Kier alpha value is -1.78. The third-order valence-corrected chi connectivity index (χ3v) is 1.98. The van der Waals surface area contributed by atoms with Gasteiger partial charge in [-0.3, -0.25) is 4.98 Å². The molecule has 15 heavy (non-hydrogen) atoms. The highest BCUT2D eigenvalue weighted by Gasteiger charge is 2.08. The number of pyridine rings is 1. The summed E-state index contributed by atoms with van der Waals surface area (Å²) >= 11 is 0. The van der Waals surface area contributed by atoms with E-state index in [-0.39, 0.29) is 0 Å². The molecule has 2 heterocycles. The maximum absolute atomic E-state index is 12.3. The van der Waals surface area contributed by atoms with Crippen molar-refractivity contribution in [1.82, 2.24) is 14.8 Å². The molecule has 0 amide bonds. The van der Waals surface area contributed by atoms with Crippen LogP contribution >= 0.6 is 0 Å². The molecule has 0 fully saturated rings. The maximum atomic E-state index is 12.3. The Labute approximate surface area is 85.4 Å². The van der Waals surface area contributed by atoms with Crippen LogP contribution in [0.15, 0.2) is 30.7 Å². The van der Waals surface area contributed by atoms with Gasteiger partial charge in [-0.05, 0) is 24.6 Å². The number of halogens is 2. The summed E-state index contributed by atoms with van der Waals surface area (Å²) in [6, 6.07) is 3.40. The molecule has 2 rings (SSSR count). The normalized spacial score (nSPS) is 10.9. The van der Waals surface area contributed by atoms with Crippen molar-refractivity contribution >= 4 is 0 Å². The topological polar surface area (TPSA) is 30.7 Å². The van der Waals surface area contributed by atoms with Gasteiger partial charge >= 0.3 is 6.55 Å². The summed E-state index contributed by atoms with van der Waals surface area (Å²) in [5.74, 6) is 0. The summed E-state index contributed by atoms with van der Waals surface area (Å²) in [5, 5.41) is 3.75. The molecule has 0 saturated carbocycles. The standard InChI is InChI=1S/C10H9F2N3/c1-7-4-8(6-13-5-7)9-2-3-15(14-9)10(11)12/h2-6,10H,1H3. The number of rotatable bonds is 2. The average Bonchev–Trinajstić information content (AvgIpc) is 2.66. The molecule has 5 heteroatoms. The van der Waals surface area contributed by atoms with Crippen molar-refractivity contribution in [1.29, 1.82) is 0 Å². The van der Waals surface area contributed by atoms with Crippen molar-refractivity contribution in [3.8, 4) is 11.3 Å². The Morgan fingerprint density at radius 1 is 1.33 bits per heavy atom. The molecule has 0 aliphatic heterocycles. The highest BCUT2D eigenvalue weighted by atomic mass is 19.3. The fraction of sp³-hybridized carbons (Fsp3) is 0.200. The summed E-state index contributed by atoms with van der Waals surface area (Å²) in [6.07, 6.45) is 4.56. The van der Waals surface area contributed by atoms with Gasteiger partial charge in [-0.1, -0.05) is 0 Å². The van der Waals surface area contributed by atoms with Gasteiger partial charge in [0.15, 0.2) is 0 Å². The minimum absolute atomic E-state index is 0.506. The molecular formula is C10H9F2N3. The molecule has 0 unspecified atom stereocenters. The summed E-state index contributed by atoms with van der Waals surface area (Å²) in [4.78, 5) is 3.98. The molecular weight excluding hydrogens is 200 g/mol. The first-order valence-electron chi connectivity index (χ1n) is 4.42. The first-order valence-corrected chi connectivity index (χ1v) is 4.42. The third kappa shape index (κ3) is 2.01. The van der Waals surface area contributed by atoms with E-state index in [4.69, 9.17) is 0 Å². The van der Waals surface area contributed by atoms with Crippen LogP contribution in [0.25, 0.3) is 11.3 Å². The van der Waals surface area contributed by atoms with Crippen LogP contribution in [0, 0.1) is 6.92 Å². The van der Waals surface area contributed by atoms with Crippen molar-refractivity contribution in [3.05, 3.63) is 36.3 Å². The molecule has 0 atom stereocenters. The smallest absolute Gasteiger partial charge is 0.264 e. The summed E-state index contributed by atoms with van der Waals surface area (Å²) in [6.45, 7) is -0.711. The first kappa shape index (κ1) is 9.76. The number of aromatic nitrogens is 3. The molecule has 2 aromatic heterocycles. The molecule has 0 N–H and O–H groups in total. The molecule has 3 nitrogen and oxygen atoms in total. The van der Waals surface area contributed by atoms with Crippen molar-refractivity contribution in [2.45, 2.75) is 13.5 Å². The molecule has 2 aromatic rings. The fourth-order valence-corrected chi connectivity index (χ4v) is 1.30. The van der Waals surface area contributed by atoms with Gasteiger partial charge in [0.05, 0.1) is 5.69 Å². The van der Waals surface area contributed by atoms with Gasteiger partial charge in [0.25, 0.3) is 0 Å². The van der Waals surface area contributed by atoms with E-state index in [0.717, 1.165) is 11.1 Å². The first-order chi connectivity index (χ1) is 7.16. The summed E-state index contributed by atoms with van der Waals surface area (Å²) in [7, 11) is 0. The van der Waals surface area contributed by atoms with Crippen LogP contribution in [0.5, 0.6) is 0 Å². The molecule has 0 aliphatic carbocycles. The van der Waals surface area contributed by atoms with Crippen molar-refractivity contribution < 1.29 is 8.78 Å². The van der Waals surface area contributed by atoms with Gasteiger partial charge in [-0.25, -0.2) is 4.68 Å². The number of alkyl halides is 2. The quantitative estimate of drug-likeness (QED) is 0.761. The second kappa shape index (κ2) is 3.76. The largest absolute Gasteiger partial charge is 0.333 e. The van der Waals surface area contributed by atoms with Crippen LogP contribution in [0.1, 0.15) is 12.1 Å². The Bertz CT molecular complexity index is 465. The number of nitrogens with zero attached hydrogens (tertiary/aromatic N) is 3. The Kier molecular flexibility index (Phi) is 2.45. The van der Waals surface area contributed by atoms with Crippen LogP contribution in [0.2, 0.25) is 0 Å². The second-order valence-electron chi connectivity index (χ2n) is 3.21. The highest BCUT2D eigenvalue weighted by Crippen LogP contribution is 2.18. The van der Waals surface area contributed by atoms with Crippen molar-refractivity contribution in [3.63, 3.8) is 0 Å². The minimum Gasteiger partial charge on any atom is -0.264 e. The fourth-order valence-electron chi connectivity index (χ4n) is 1.30. The highest BCUT2D eigenvalue weighted by molar-refractivity contribution is 5.57. The zero-order valence-electron chi connectivity index (χ0n) is 8.06. The van der Waals surface area contributed by atoms with E-state index in [2.05, 4.69) is 10.1 Å². The predicted octanol–water partition coefficient (Wildman–Crippen LogP) is 2.65. The Morgan fingerprint density at radius 2 is 2.13 bits per heavy atom. The van der Waals surface area contributed by atoms with Crippen molar-refractivity contribution in [2.24, 2.45) is 0 Å². The van der Waals surface area contributed by atoms with Gasteiger partial charge in [-0.15, -0.1) is 0 Å². The van der Waals surface area contributed by atoms with E-state index in [1.54, 1.807) is 18.5 Å². The lowest BCUT2D eigenvalue weighted by molar-refractivity contribution is 0.0568. The van der Waals surface area contributed by atoms with Gasteiger partial charge in [0.1, 0.15) is 0 Å². The van der Waals surface area contributed by atoms with E-state index < -0.39 is 6.55 Å². The zero-order valence-corrected chi connectivity index (χ0v) is 8.06. The second-order valence-corrected chi connectivity index (χ2v) is 3.21. The van der Waals surface area contributed by atoms with E-state index in [0.29, 0.717) is 10.4 Å². The number of hydrogen-bond acceptors (Lipinski definition) is 2. The van der Waals surface area contributed by atoms with E-state index in [9.17, 15) is 8.78 Å². The van der Waals surface area contributed by atoms with Crippen LogP contribution in [0.3, 0.4) is 0 Å². The SMILES string of the molecule is Cc1cncc(-c2ccn(C(F)F)n2)c1. The predicted molar refractivity (Wildman–Crippen MR) is 51.4 cm³/mol. The molecule has 0 radical (unpaired) electrons. The van der Waals surface area contributed by atoms with Crippen LogP contribution < -0.4 is 0 Å². The Balaban J connectivity index is 2.37. The van der Waals surface area contributed by atoms with E-state index >= 15 is 0 Å². The average molecular weight is 209 g/mol. The Morgan fingerprint density at radius 3 is 2.73 bits per heavy atom. The van der Waals surface area contributed by atoms with Crippen LogP contribution in [0.4, 0.5) is 8.78 Å². The molecule has 0 aliphatic rings. The summed E-state index contributed by atoms with van der Waals surface area (Å²) < 4.78 is 25.1. The monoisotopic (exact) mass is 209 g/mol. The van der Waals surface area contributed by atoms with E-state index in [1.807, 2.05) is 13.0 Å². The third-order valence-electron chi connectivity index (χ3n) is 1.98. The lowest BCUT2D eigenvalue weighted by atomic mass is 10.2. The van der Waals surface area contributed by atoms with Gasteiger partial charge in [0.2, 0.25) is 0 Å². The van der Waals surface area contributed by atoms with Gasteiger partial charge < -0.3 is 0 Å². The molecule has 0 saturated heterocycles.